The highest BCUT2D eigenvalue weighted by Crippen LogP contribution is 2.46. The summed E-state index contributed by atoms with van der Waals surface area (Å²) in [5.41, 5.74) is 0.796. The first-order valence-corrected chi connectivity index (χ1v) is 15.2. The van der Waals surface area contributed by atoms with Crippen LogP contribution >= 0.6 is 0 Å². The normalized spacial score (nSPS) is 11.7. The lowest BCUT2D eigenvalue weighted by Gasteiger charge is -2.39. The average molecular weight is 599 g/mol. The topological polar surface area (TPSA) is 52.6 Å². The summed E-state index contributed by atoms with van der Waals surface area (Å²) in [6.07, 6.45) is 0. The number of hydrogen-bond acceptors (Lipinski definition) is 4. The second-order valence-electron chi connectivity index (χ2n) is 11.1. The largest absolute Gasteiger partial charge is 0.465 e. The van der Waals surface area contributed by atoms with Gasteiger partial charge in [-0.25, -0.2) is 0 Å². The summed E-state index contributed by atoms with van der Waals surface area (Å²) in [6, 6.07) is 58.4. The fourth-order valence-electron chi connectivity index (χ4n) is 6.23. The van der Waals surface area contributed by atoms with E-state index < -0.39 is 22.1 Å². The van der Waals surface area contributed by atoms with Gasteiger partial charge in [-0.1, -0.05) is 182 Å². The van der Waals surface area contributed by atoms with Gasteiger partial charge in [-0.3, -0.25) is 9.59 Å². The Morgan fingerprint density at radius 1 is 0.283 bits per heavy atom. The van der Waals surface area contributed by atoms with Gasteiger partial charge in [0.1, 0.15) is 0 Å². The third-order valence-corrected chi connectivity index (χ3v) is 8.42. The van der Waals surface area contributed by atoms with Crippen molar-refractivity contribution < 1.29 is 9.47 Å². The van der Waals surface area contributed by atoms with Crippen molar-refractivity contribution in [3.63, 3.8) is 0 Å². The first-order chi connectivity index (χ1) is 22.6. The SMILES string of the molecule is O=c1c(OC(c2ccccc2)(c2ccccc2)c2ccccc2)c(OC(c2ccccc2)(c2ccccc2)c2ccccc2)c1=O. The van der Waals surface area contributed by atoms with Crippen LogP contribution in [-0.4, -0.2) is 0 Å². The summed E-state index contributed by atoms with van der Waals surface area (Å²) < 4.78 is 13.9. The van der Waals surface area contributed by atoms with Gasteiger partial charge >= 0.3 is 0 Å². The summed E-state index contributed by atoms with van der Waals surface area (Å²) in [4.78, 5) is 27.3. The molecule has 0 aliphatic carbocycles. The molecule has 0 saturated heterocycles. The van der Waals surface area contributed by atoms with Gasteiger partial charge in [-0.05, 0) is 0 Å². The second kappa shape index (κ2) is 12.2. The highest BCUT2D eigenvalue weighted by atomic mass is 16.6. The van der Waals surface area contributed by atoms with Gasteiger partial charge in [0.25, 0.3) is 10.9 Å². The molecular weight excluding hydrogens is 568 g/mol. The van der Waals surface area contributed by atoms with Crippen molar-refractivity contribution in [3.8, 4) is 11.5 Å². The fraction of sp³-hybridized carbons (Fsp3) is 0.0476. The van der Waals surface area contributed by atoms with E-state index in [4.69, 9.17) is 9.47 Å². The van der Waals surface area contributed by atoms with Crippen LogP contribution in [0.1, 0.15) is 33.4 Å². The van der Waals surface area contributed by atoms with Crippen LogP contribution in [0.3, 0.4) is 0 Å². The van der Waals surface area contributed by atoms with Gasteiger partial charge in [-0.15, -0.1) is 0 Å². The summed E-state index contributed by atoms with van der Waals surface area (Å²) in [6.45, 7) is 0. The standard InChI is InChI=1S/C42H30O4/c43-37-38(44)40(46-42(34-25-13-4-14-26-34,35-27-15-5-16-28-35)36-29-17-6-18-30-36)39(37)45-41(31-19-7-1-8-20-31,32-21-9-2-10-22-32)33-23-11-3-12-24-33/h1-30H. The molecule has 7 aromatic rings. The molecule has 0 bridgehead atoms. The van der Waals surface area contributed by atoms with Crippen molar-refractivity contribution in [1.29, 1.82) is 0 Å². The van der Waals surface area contributed by atoms with Crippen LogP contribution in [0.15, 0.2) is 192 Å². The molecule has 222 valence electrons. The van der Waals surface area contributed by atoms with E-state index in [0.29, 0.717) is 0 Å². The smallest absolute Gasteiger partial charge is 0.275 e. The Morgan fingerprint density at radius 2 is 0.457 bits per heavy atom. The summed E-state index contributed by atoms with van der Waals surface area (Å²) in [7, 11) is 0. The molecule has 46 heavy (non-hydrogen) atoms. The Morgan fingerprint density at radius 3 is 0.630 bits per heavy atom. The molecule has 0 amide bonds. The molecule has 0 saturated carbocycles. The van der Waals surface area contributed by atoms with Crippen LogP contribution in [0.25, 0.3) is 0 Å². The van der Waals surface area contributed by atoms with Gasteiger partial charge < -0.3 is 9.47 Å². The Balaban J connectivity index is 1.47. The van der Waals surface area contributed by atoms with E-state index in [9.17, 15) is 9.59 Å². The lowest BCUT2D eigenvalue weighted by Crippen LogP contribution is -2.46. The minimum Gasteiger partial charge on any atom is -0.465 e. The van der Waals surface area contributed by atoms with Gasteiger partial charge in [0.2, 0.25) is 11.5 Å². The molecule has 0 aliphatic rings. The van der Waals surface area contributed by atoms with E-state index in [0.717, 1.165) is 33.4 Å². The van der Waals surface area contributed by atoms with E-state index in [1.807, 2.05) is 182 Å². The number of rotatable bonds is 10. The number of ether oxygens (including phenoxy) is 2. The van der Waals surface area contributed by atoms with Crippen molar-refractivity contribution >= 4 is 0 Å². The van der Waals surface area contributed by atoms with Crippen LogP contribution < -0.4 is 20.3 Å². The first kappa shape index (κ1) is 28.8. The zero-order chi connectivity index (χ0) is 31.4. The minimum atomic E-state index is -1.26. The molecule has 7 aromatic carbocycles. The van der Waals surface area contributed by atoms with E-state index in [2.05, 4.69) is 0 Å². The Labute approximate surface area is 267 Å². The second-order valence-corrected chi connectivity index (χ2v) is 11.1. The molecule has 0 heterocycles. The molecule has 0 radical (unpaired) electrons. The monoisotopic (exact) mass is 598 g/mol. The van der Waals surface area contributed by atoms with Crippen LogP contribution in [0.4, 0.5) is 0 Å². The summed E-state index contributed by atoms with van der Waals surface area (Å²) in [5, 5.41) is 0. The van der Waals surface area contributed by atoms with E-state index >= 15 is 0 Å². The van der Waals surface area contributed by atoms with Gasteiger partial charge in [0, 0.05) is 33.4 Å². The van der Waals surface area contributed by atoms with Crippen LogP contribution in [0, 0.1) is 0 Å². The Bertz CT molecular complexity index is 1750. The number of hydrogen-bond donors (Lipinski definition) is 0. The van der Waals surface area contributed by atoms with Crippen molar-refractivity contribution in [2.75, 3.05) is 0 Å². The van der Waals surface area contributed by atoms with Crippen molar-refractivity contribution in [2.24, 2.45) is 0 Å². The lowest BCUT2D eigenvalue weighted by molar-refractivity contribution is 0.110. The van der Waals surface area contributed by atoms with E-state index in [1.165, 1.54) is 0 Å². The molecule has 7 rings (SSSR count). The third kappa shape index (κ3) is 4.81. The predicted molar refractivity (Wildman–Crippen MR) is 181 cm³/mol. The van der Waals surface area contributed by atoms with Gasteiger partial charge in [-0.2, -0.15) is 0 Å². The van der Waals surface area contributed by atoms with E-state index in [-0.39, 0.29) is 11.5 Å². The van der Waals surface area contributed by atoms with Gasteiger partial charge in [0.15, 0.2) is 11.2 Å². The molecule has 0 spiro atoms. The van der Waals surface area contributed by atoms with E-state index in [1.54, 1.807) is 0 Å². The number of benzene rings is 6. The minimum absolute atomic E-state index is 0.117. The molecule has 4 heteroatoms. The average Bonchev–Trinajstić information content (AvgIpc) is 3.15. The predicted octanol–water partition coefficient (Wildman–Crippen LogP) is 8.02. The summed E-state index contributed by atoms with van der Waals surface area (Å²) >= 11 is 0. The van der Waals surface area contributed by atoms with Crippen LogP contribution in [0.5, 0.6) is 11.5 Å². The highest BCUT2D eigenvalue weighted by Gasteiger charge is 2.46. The Hall–Kier alpha value is -6.00. The summed E-state index contributed by atoms with van der Waals surface area (Å²) in [5.74, 6) is -0.234. The molecule has 0 aliphatic heterocycles. The molecule has 0 fully saturated rings. The molecule has 0 aromatic heterocycles. The Kier molecular flexibility index (Phi) is 7.61. The molecule has 0 N–H and O–H groups in total. The lowest BCUT2D eigenvalue weighted by atomic mass is 9.79. The maximum absolute atomic E-state index is 13.6. The molecule has 0 unspecified atom stereocenters. The maximum Gasteiger partial charge on any atom is 0.275 e. The molecular formula is C42H30O4. The van der Waals surface area contributed by atoms with Crippen molar-refractivity contribution in [1.82, 2.24) is 0 Å². The van der Waals surface area contributed by atoms with Crippen molar-refractivity contribution in [2.45, 2.75) is 11.2 Å². The van der Waals surface area contributed by atoms with Gasteiger partial charge in [0.05, 0.1) is 0 Å². The molecule has 0 atom stereocenters. The molecule has 4 nitrogen and oxygen atoms in total. The first-order valence-electron chi connectivity index (χ1n) is 15.2. The zero-order valence-electron chi connectivity index (χ0n) is 25.0. The van der Waals surface area contributed by atoms with Crippen LogP contribution in [-0.2, 0) is 11.2 Å². The fourth-order valence-corrected chi connectivity index (χ4v) is 6.23. The third-order valence-electron chi connectivity index (χ3n) is 8.42. The van der Waals surface area contributed by atoms with Crippen molar-refractivity contribution in [3.05, 3.63) is 236 Å². The zero-order valence-corrected chi connectivity index (χ0v) is 25.0. The maximum atomic E-state index is 13.6. The van der Waals surface area contributed by atoms with Crippen LogP contribution in [0.2, 0.25) is 0 Å². The highest BCUT2D eigenvalue weighted by molar-refractivity contribution is 5.56. The quantitative estimate of drug-likeness (QED) is 0.118.